The Labute approximate surface area is 181 Å². The fourth-order valence-electron chi connectivity index (χ4n) is 3.54. The standard InChI is InChI=1S/C21H18ClF3N4O2/c22-15-7-3-5-13(11-15)18-27-19(31-28-18)14-6-4-10-29(12-14)20(30)26-17-9-2-1-8-16(17)21(23,24)25/h1-3,5,7-9,11,14H,4,6,10,12H2,(H,26,30). The summed E-state index contributed by atoms with van der Waals surface area (Å²) in [5.41, 5.74) is -0.459. The Hall–Kier alpha value is -3.07. The van der Waals surface area contributed by atoms with E-state index in [0.29, 0.717) is 35.3 Å². The summed E-state index contributed by atoms with van der Waals surface area (Å²) in [5.74, 6) is 0.555. The fourth-order valence-corrected chi connectivity index (χ4v) is 3.73. The molecule has 0 saturated carbocycles. The van der Waals surface area contributed by atoms with Crippen molar-refractivity contribution < 1.29 is 22.5 Å². The zero-order chi connectivity index (χ0) is 22.0. The van der Waals surface area contributed by atoms with Crippen LogP contribution in [-0.2, 0) is 6.18 Å². The minimum Gasteiger partial charge on any atom is -0.339 e. The van der Waals surface area contributed by atoms with Crippen LogP contribution in [0.5, 0.6) is 0 Å². The third kappa shape index (κ3) is 4.82. The highest BCUT2D eigenvalue weighted by Gasteiger charge is 2.34. The first-order valence-electron chi connectivity index (χ1n) is 9.63. The molecule has 1 aliphatic rings. The lowest BCUT2D eigenvalue weighted by Gasteiger charge is -2.31. The molecule has 0 bridgehead atoms. The Morgan fingerprint density at radius 1 is 1.19 bits per heavy atom. The number of nitrogens with one attached hydrogen (secondary N) is 1. The summed E-state index contributed by atoms with van der Waals surface area (Å²) in [7, 11) is 0. The van der Waals surface area contributed by atoms with Gasteiger partial charge in [0, 0.05) is 23.7 Å². The quantitative estimate of drug-likeness (QED) is 0.545. The second-order valence-corrected chi connectivity index (χ2v) is 7.66. The Morgan fingerprint density at radius 2 is 2.00 bits per heavy atom. The van der Waals surface area contributed by atoms with Crippen molar-refractivity contribution in [2.45, 2.75) is 24.9 Å². The summed E-state index contributed by atoms with van der Waals surface area (Å²) in [6, 6.07) is 11.3. The number of nitrogens with zero attached hydrogens (tertiary/aromatic N) is 3. The number of benzene rings is 2. The van der Waals surface area contributed by atoms with Crippen LogP contribution >= 0.6 is 11.6 Å². The molecular weight excluding hydrogens is 433 g/mol. The van der Waals surface area contributed by atoms with Crippen molar-refractivity contribution in [1.29, 1.82) is 0 Å². The predicted molar refractivity (Wildman–Crippen MR) is 109 cm³/mol. The number of aromatic nitrogens is 2. The number of hydrogen-bond donors (Lipinski definition) is 1. The van der Waals surface area contributed by atoms with Crippen molar-refractivity contribution in [3.63, 3.8) is 0 Å². The summed E-state index contributed by atoms with van der Waals surface area (Å²) in [5, 5.41) is 6.92. The van der Waals surface area contributed by atoms with E-state index in [9.17, 15) is 18.0 Å². The molecule has 31 heavy (non-hydrogen) atoms. The molecule has 6 nitrogen and oxygen atoms in total. The normalized spacial score (nSPS) is 16.9. The number of rotatable bonds is 3. The molecule has 1 aliphatic heterocycles. The van der Waals surface area contributed by atoms with Crippen LogP contribution in [-0.4, -0.2) is 34.2 Å². The van der Waals surface area contributed by atoms with Crippen LogP contribution in [0, 0.1) is 0 Å². The van der Waals surface area contributed by atoms with E-state index >= 15 is 0 Å². The van der Waals surface area contributed by atoms with E-state index in [1.165, 1.54) is 23.1 Å². The molecule has 1 N–H and O–H groups in total. The molecule has 1 atom stereocenters. The van der Waals surface area contributed by atoms with E-state index < -0.39 is 17.8 Å². The maximum absolute atomic E-state index is 13.2. The lowest BCUT2D eigenvalue weighted by molar-refractivity contribution is -0.136. The first-order chi connectivity index (χ1) is 14.8. The van der Waals surface area contributed by atoms with Crippen LogP contribution in [0.25, 0.3) is 11.4 Å². The van der Waals surface area contributed by atoms with Gasteiger partial charge < -0.3 is 14.7 Å². The highest BCUT2D eigenvalue weighted by molar-refractivity contribution is 6.30. The average molecular weight is 451 g/mol. The summed E-state index contributed by atoms with van der Waals surface area (Å²) in [6.45, 7) is 0.684. The first kappa shape index (κ1) is 21.2. The van der Waals surface area contributed by atoms with Crippen LogP contribution in [0.1, 0.15) is 30.2 Å². The Kier molecular flexibility index (Phi) is 5.86. The number of anilines is 1. The van der Waals surface area contributed by atoms with Gasteiger partial charge in [-0.15, -0.1) is 0 Å². The minimum absolute atomic E-state index is 0.210. The average Bonchev–Trinajstić information content (AvgIpc) is 3.24. The van der Waals surface area contributed by atoms with Gasteiger partial charge in [0.05, 0.1) is 17.2 Å². The Morgan fingerprint density at radius 3 is 2.77 bits per heavy atom. The number of amides is 2. The summed E-state index contributed by atoms with van der Waals surface area (Å²) < 4.78 is 45.0. The number of likely N-dealkylation sites (tertiary alicyclic amines) is 1. The van der Waals surface area contributed by atoms with E-state index in [-0.39, 0.29) is 18.2 Å². The fraction of sp³-hybridized carbons (Fsp3) is 0.286. The van der Waals surface area contributed by atoms with E-state index in [2.05, 4.69) is 15.5 Å². The van der Waals surface area contributed by atoms with Crippen molar-refractivity contribution in [3.8, 4) is 11.4 Å². The highest BCUT2D eigenvalue weighted by atomic mass is 35.5. The lowest BCUT2D eigenvalue weighted by atomic mass is 9.98. The molecule has 0 radical (unpaired) electrons. The molecule has 10 heteroatoms. The number of alkyl halides is 3. The van der Waals surface area contributed by atoms with Gasteiger partial charge in [-0.3, -0.25) is 0 Å². The second kappa shape index (κ2) is 8.58. The summed E-state index contributed by atoms with van der Waals surface area (Å²) in [4.78, 5) is 18.5. The molecule has 4 rings (SSSR count). The summed E-state index contributed by atoms with van der Waals surface area (Å²) in [6.07, 6.45) is -3.18. The minimum atomic E-state index is -4.56. The van der Waals surface area contributed by atoms with Crippen LogP contribution in [0.4, 0.5) is 23.7 Å². The molecule has 1 saturated heterocycles. The largest absolute Gasteiger partial charge is 0.418 e. The van der Waals surface area contributed by atoms with Gasteiger partial charge in [0.2, 0.25) is 11.7 Å². The summed E-state index contributed by atoms with van der Waals surface area (Å²) >= 11 is 6.00. The molecule has 2 amide bonds. The molecule has 3 aromatic rings. The van der Waals surface area contributed by atoms with Gasteiger partial charge >= 0.3 is 12.2 Å². The van der Waals surface area contributed by atoms with Gasteiger partial charge in [-0.25, -0.2) is 4.79 Å². The number of piperidine rings is 1. The highest BCUT2D eigenvalue weighted by Crippen LogP contribution is 2.35. The zero-order valence-electron chi connectivity index (χ0n) is 16.2. The Balaban J connectivity index is 1.47. The molecule has 162 valence electrons. The van der Waals surface area contributed by atoms with E-state index in [1.807, 2.05) is 0 Å². The second-order valence-electron chi connectivity index (χ2n) is 7.23. The maximum atomic E-state index is 13.2. The van der Waals surface area contributed by atoms with Gasteiger partial charge in [0.1, 0.15) is 0 Å². The molecule has 2 heterocycles. The molecular formula is C21H18ClF3N4O2. The van der Waals surface area contributed by atoms with E-state index in [0.717, 1.165) is 12.5 Å². The number of carbonyl (C=O) groups is 1. The smallest absolute Gasteiger partial charge is 0.339 e. The Bertz CT molecular complexity index is 1090. The van der Waals surface area contributed by atoms with Crippen LogP contribution in [0.2, 0.25) is 5.02 Å². The van der Waals surface area contributed by atoms with Gasteiger partial charge in [0.15, 0.2) is 0 Å². The van der Waals surface area contributed by atoms with Gasteiger partial charge in [-0.2, -0.15) is 18.2 Å². The number of carbonyl (C=O) groups excluding carboxylic acids is 1. The van der Waals surface area contributed by atoms with Crippen molar-refractivity contribution in [2.24, 2.45) is 0 Å². The van der Waals surface area contributed by atoms with Gasteiger partial charge in [-0.1, -0.05) is 41.0 Å². The third-order valence-corrected chi connectivity index (χ3v) is 5.29. The molecule has 1 aromatic heterocycles. The number of halogens is 4. The van der Waals surface area contributed by atoms with Crippen LogP contribution in [0.3, 0.4) is 0 Å². The molecule has 1 fully saturated rings. The number of hydrogen-bond acceptors (Lipinski definition) is 4. The SMILES string of the molecule is O=C(Nc1ccccc1C(F)(F)F)N1CCCC(c2nc(-c3cccc(Cl)c3)no2)C1. The van der Waals surface area contributed by atoms with Gasteiger partial charge in [-0.05, 0) is 37.1 Å². The van der Waals surface area contributed by atoms with E-state index in [4.69, 9.17) is 16.1 Å². The lowest BCUT2D eigenvalue weighted by Crippen LogP contribution is -2.42. The molecule has 1 unspecified atom stereocenters. The van der Waals surface area contributed by atoms with Crippen molar-refractivity contribution >= 4 is 23.3 Å². The molecule has 0 aliphatic carbocycles. The zero-order valence-corrected chi connectivity index (χ0v) is 17.0. The van der Waals surface area contributed by atoms with Crippen molar-refractivity contribution in [1.82, 2.24) is 15.0 Å². The topological polar surface area (TPSA) is 71.3 Å². The number of para-hydroxylation sites is 1. The van der Waals surface area contributed by atoms with Crippen LogP contribution < -0.4 is 5.32 Å². The maximum Gasteiger partial charge on any atom is 0.418 e. The van der Waals surface area contributed by atoms with Gasteiger partial charge in [0.25, 0.3) is 0 Å². The number of urea groups is 1. The monoisotopic (exact) mass is 450 g/mol. The molecule has 0 spiro atoms. The van der Waals surface area contributed by atoms with Crippen molar-refractivity contribution in [3.05, 3.63) is 65.0 Å². The third-order valence-electron chi connectivity index (χ3n) is 5.06. The molecule has 2 aromatic carbocycles. The first-order valence-corrected chi connectivity index (χ1v) is 10.0. The predicted octanol–water partition coefficient (Wildman–Crippen LogP) is 5.82. The van der Waals surface area contributed by atoms with E-state index in [1.54, 1.807) is 24.3 Å². The van der Waals surface area contributed by atoms with Crippen LogP contribution in [0.15, 0.2) is 53.1 Å². The van der Waals surface area contributed by atoms with Crippen molar-refractivity contribution in [2.75, 3.05) is 18.4 Å².